The highest BCUT2D eigenvalue weighted by atomic mass is 19.4. The van der Waals surface area contributed by atoms with E-state index in [2.05, 4.69) is 0 Å². The maximum absolute atomic E-state index is 12.8. The molecule has 0 aliphatic carbocycles. The third-order valence-corrected chi connectivity index (χ3v) is 3.22. The molecule has 0 saturated heterocycles. The molecule has 0 bridgehead atoms. The Hall–Kier alpha value is -1.99. The highest BCUT2D eigenvalue weighted by Gasteiger charge is 2.34. The summed E-state index contributed by atoms with van der Waals surface area (Å²) in [5.74, 6) is -1.49. The van der Waals surface area contributed by atoms with Gasteiger partial charge in [-0.3, -0.25) is 0 Å². The summed E-state index contributed by atoms with van der Waals surface area (Å²) in [6, 6.07) is 8.42. The van der Waals surface area contributed by atoms with Crippen LogP contribution in [0.3, 0.4) is 0 Å². The largest absolute Gasteiger partial charge is 0.419 e. The number of nitrogens with two attached hydrogens (primary N) is 2. The number of rotatable bonds is 2. The van der Waals surface area contributed by atoms with Gasteiger partial charge in [0.25, 0.3) is 0 Å². The predicted octanol–water partition coefficient (Wildman–Crippen LogP) is 4.71. The summed E-state index contributed by atoms with van der Waals surface area (Å²) in [6.45, 7) is 3.40. The molecule has 0 spiro atoms. The summed E-state index contributed by atoms with van der Waals surface area (Å²) in [4.78, 5) is 0. The second kappa shape index (κ2) is 8.21. The van der Waals surface area contributed by atoms with Crippen molar-refractivity contribution in [3.63, 3.8) is 0 Å². The Kier molecular flexibility index (Phi) is 6.86. The number of alkyl halides is 3. The fourth-order valence-corrected chi connectivity index (χ4v) is 1.81. The SMILES string of the molecule is CC(N)c1ccc(F)c(C(F)(F)F)c1.CC(N)c1ccc(F)cc1. The Morgan fingerprint density at radius 3 is 1.67 bits per heavy atom. The minimum absolute atomic E-state index is 0.0133. The van der Waals surface area contributed by atoms with Gasteiger partial charge in [0.15, 0.2) is 0 Å². The van der Waals surface area contributed by atoms with E-state index in [1.165, 1.54) is 25.1 Å². The van der Waals surface area contributed by atoms with E-state index in [1.807, 2.05) is 6.92 Å². The molecule has 2 nitrogen and oxygen atoms in total. The van der Waals surface area contributed by atoms with Gasteiger partial charge in [-0.15, -0.1) is 0 Å². The van der Waals surface area contributed by atoms with Crippen molar-refractivity contribution >= 4 is 0 Å². The molecule has 0 aliphatic heterocycles. The van der Waals surface area contributed by atoms with E-state index in [9.17, 15) is 22.0 Å². The molecular weight excluding hydrogens is 327 g/mol. The van der Waals surface area contributed by atoms with Crippen LogP contribution in [0.1, 0.15) is 42.6 Å². The van der Waals surface area contributed by atoms with E-state index in [1.54, 1.807) is 12.1 Å². The molecule has 132 valence electrons. The van der Waals surface area contributed by atoms with Crippen LogP contribution in [-0.2, 0) is 6.18 Å². The molecule has 0 fully saturated rings. The molecular formula is C17H19F5N2. The Morgan fingerprint density at radius 1 is 0.792 bits per heavy atom. The van der Waals surface area contributed by atoms with Gasteiger partial charge in [-0.1, -0.05) is 18.2 Å². The number of halogens is 5. The molecule has 7 heteroatoms. The first-order valence-corrected chi connectivity index (χ1v) is 7.15. The van der Waals surface area contributed by atoms with Crippen LogP contribution in [0.4, 0.5) is 22.0 Å². The van der Waals surface area contributed by atoms with Gasteiger partial charge in [-0.05, 0) is 49.2 Å². The molecule has 2 unspecified atom stereocenters. The number of hydrogen-bond donors (Lipinski definition) is 2. The molecule has 0 amide bonds. The van der Waals surface area contributed by atoms with Crippen LogP contribution in [0.5, 0.6) is 0 Å². The average molecular weight is 346 g/mol. The lowest BCUT2D eigenvalue weighted by Crippen LogP contribution is -2.11. The van der Waals surface area contributed by atoms with Crippen LogP contribution < -0.4 is 11.5 Å². The summed E-state index contributed by atoms with van der Waals surface area (Å²) in [5.41, 5.74) is 10.9. The lowest BCUT2D eigenvalue weighted by molar-refractivity contribution is -0.140. The predicted molar refractivity (Wildman–Crippen MR) is 83.0 cm³/mol. The van der Waals surface area contributed by atoms with Crippen LogP contribution in [0.15, 0.2) is 42.5 Å². The highest BCUT2D eigenvalue weighted by molar-refractivity contribution is 5.28. The van der Waals surface area contributed by atoms with Crippen LogP contribution in [-0.4, -0.2) is 0 Å². The second-order valence-corrected chi connectivity index (χ2v) is 5.37. The van der Waals surface area contributed by atoms with Crippen molar-refractivity contribution in [1.29, 1.82) is 0 Å². The van der Waals surface area contributed by atoms with Gasteiger partial charge in [0.1, 0.15) is 11.6 Å². The zero-order chi connectivity index (χ0) is 18.5. The van der Waals surface area contributed by atoms with Gasteiger partial charge in [0.2, 0.25) is 0 Å². The van der Waals surface area contributed by atoms with E-state index >= 15 is 0 Å². The summed E-state index contributed by atoms with van der Waals surface area (Å²) in [5, 5.41) is 0. The Labute approximate surface area is 137 Å². The molecule has 2 rings (SSSR count). The van der Waals surface area contributed by atoms with Crippen LogP contribution in [0.2, 0.25) is 0 Å². The minimum Gasteiger partial charge on any atom is -0.324 e. The third kappa shape index (κ3) is 5.90. The maximum Gasteiger partial charge on any atom is 0.419 e. The average Bonchev–Trinajstić information content (AvgIpc) is 2.47. The molecule has 2 aromatic carbocycles. The summed E-state index contributed by atoms with van der Waals surface area (Å²) in [6.07, 6.45) is -4.67. The smallest absolute Gasteiger partial charge is 0.324 e. The van der Waals surface area contributed by atoms with Crippen molar-refractivity contribution < 1.29 is 22.0 Å². The van der Waals surface area contributed by atoms with E-state index in [0.29, 0.717) is 0 Å². The molecule has 0 aromatic heterocycles. The van der Waals surface area contributed by atoms with Gasteiger partial charge in [-0.2, -0.15) is 13.2 Å². The number of hydrogen-bond acceptors (Lipinski definition) is 2. The van der Waals surface area contributed by atoms with Crippen molar-refractivity contribution in [2.24, 2.45) is 11.5 Å². The molecule has 24 heavy (non-hydrogen) atoms. The van der Waals surface area contributed by atoms with Gasteiger partial charge >= 0.3 is 6.18 Å². The van der Waals surface area contributed by atoms with Crippen molar-refractivity contribution in [2.75, 3.05) is 0 Å². The van der Waals surface area contributed by atoms with Crippen molar-refractivity contribution in [1.82, 2.24) is 0 Å². The molecule has 2 aromatic rings. The highest BCUT2D eigenvalue weighted by Crippen LogP contribution is 2.32. The van der Waals surface area contributed by atoms with Crippen LogP contribution in [0, 0.1) is 11.6 Å². The monoisotopic (exact) mass is 346 g/mol. The normalized spacial score (nSPS) is 13.7. The van der Waals surface area contributed by atoms with E-state index < -0.39 is 23.6 Å². The van der Waals surface area contributed by atoms with Gasteiger partial charge in [-0.25, -0.2) is 8.78 Å². The topological polar surface area (TPSA) is 52.0 Å². The van der Waals surface area contributed by atoms with E-state index in [0.717, 1.165) is 17.7 Å². The quantitative estimate of drug-likeness (QED) is 0.774. The zero-order valence-electron chi connectivity index (χ0n) is 13.2. The van der Waals surface area contributed by atoms with Gasteiger partial charge < -0.3 is 11.5 Å². The van der Waals surface area contributed by atoms with Gasteiger partial charge in [0.05, 0.1) is 5.56 Å². The summed E-state index contributed by atoms with van der Waals surface area (Å²) in [7, 11) is 0. The molecule has 4 N–H and O–H groups in total. The minimum atomic E-state index is -4.67. The van der Waals surface area contributed by atoms with E-state index in [4.69, 9.17) is 11.5 Å². The van der Waals surface area contributed by atoms with Gasteiger partial charge in [0, 0.05) is 12.1 Å². The van der Waals surface area contributed by atoms with E-state index in [-0.39, 0.29) is 17.4 Å². The molecule has 2 atom stereocenters. The van der Waals surface area contributed by atoms with Crippen molar-refractivity contribution in [3.8, 4) is 0 Å². The Bertz CT molecular complexity index is 649. The van der Waals surface area contributed by atoms with Crippen LogP contribution in [0.25, 0.3) is 0 Å². The van der Waals surface area contributed by atoms with Crippen molar-refractivity contribution in [3.05, 3.63) is 70.8 Å². The first-order valence-electron chi connectivity index (χ1n) is 7.15. The molecule has 0 radical (unpaired) electrons. The fraction of sp³-hybridized carbons (Fsp3) is 0.294. The molecule has 0 saturated carbocycles. The zero-order valence-corrected chi connectivity index (χ0v) is 13.2. The van der Waals surface area contributed by atoms with Crippen molar-refractivity contribution in [2.45, 2.75) is 32.1 Å². The lowest BCUT2D eigenvalue weighted by Gasteiger charge is -2.11. The Balaban J connectivity index is 0.000000254. The first-order chi connectivity index (χ1) is 11.0. The fourth-order valence-electron chi connectivity index (χ4n) is 1.81. The summed E-state index contributed by atoms with van der Waals surface area (Å²) >= 11 is 0. The second-order valence-electron chi connectivity index (χ2n) is 5.37. The standard InChI is InChI=1S/C9H9F4N.C8H10FN/c1-5(14)6-2-3-8(10)7(4-6)9(11,12)13;1-6(10)7-2-4-8(9)5-3-7/h2-5H,14H2,1H3;2-6H,10H2,1H3. The Morgan fingerprint density at radius 2 is 1.25 bits per heavy atom. The number of benzene rings is 2. The summed E-state index contributed by atoms with van der Waals surface area (Å²) < 4.78 is 61.7. The van der Waals surface area contributed by atoms with Crippen LogP contribution >= 0.6 is 0 Å². The maximum atomic E-state index is 12.8. The molecule has 0 aliphatic rings. The molecule has 0 heterocycles. The lowest BCUT2D eigenvalue weighted by atomic mass is 10.1. The third-order valence-electron chi connectivity index (χ3n) is 3.22. The first kappa shape index (κ1) is 20.1.